The fraction of sp³-hybridized carbons (Fsp3) is 0.200. The molecule has 0 unspecified atom stereocenters. The summed E-state index contributed by atoms with van der Waals surface area (Å²) in [5, 5.41) is 17.8. The Labute approximate surface area is 217 Å². The number of benzene rings is 3. The maximum absolute atomic E-state index is 12.7. The number of aromatic nitrogens is 3. The molecule has 1 heterocycles. The summed E-state index contributed by atoms with van der Waals surface area (Å²) in [6.07, 6.45) is 0. The Bertz CT molecular complexity index is 1390. The van der Waals surface area contributed by atoms with Gasteiger partial charge in [-0.25, -0.2) is 0 Å². The van der Waals surface area contributed by atoms with Crippen LogP contribution in [0.5, 0.6) is 0 Å². The van der Waals surface area contributed by atoms with E-state index >= 15 is 0 Å². The highest BCUT2D eigenvalue weighted by atomic mass is 35.5. The van der Waals surface area contributed by atoms with E-state index in [2.05, 4.69) is 20.8 Å². The first kappa shape index (κ1) is 25.0. The minimum atomic E-state index is -0.428. The van der Waals surface area contributed by atoms with Crippen LogP contribution in [0.15, 0.2) is 65.8 Å². The minimum absolute atomic E-state index is 0.142. The van der Waals surface area contributed by atoms with E-state index in [1.807, 2.05) is 60.9 Å². The number of rotatable bonds is 8. The van der Waals surface area contributed by atoms with Gasteiger partial charge in [-0.05, 0) is 55.0 Å². The molecular weight excluding hydrogens is 505 g/mol. The van der Waals surface area contributed by atoms with E-state index in [4.69, 9.17) is 23.2 Å². The Kier molecular flexibility index (Phi) is 7.95. The molecule has 0 spiro atoms. The molecule has 0 saturated heterocycles. The number of fused-ring (bicyclic) bond motifs is 1. The molecule has 0 aliphatic carbocycles. The predicted molar refractivity (Wildman–Crippen MR) is 141 cm³/mol. The number of thioether (sulfide) groups is 1. The monoisotopic (exact) mass is 527 g/mol. The summed E-state index contributed by atoms with van der Waals surface area (Å²) >= 11 is 13.4. The van der Waals surface area contributed by atoms with Gasteiger partial charge in [0, 0.05) is 17.3 Å². The van der Waals surface area contributed by atoms with Crippen LogP contribution in [0, 0.1) is 0 Å². The zero-order valence-corrected chi connectivity index (χ0v) is 21.4. The highest BCUT2D eigenvalue weighted by Crippen LogP contribution is 2.24. The van der Waals surface area contributed by atoms with Gasteiger partial charge in [0.05, 0.1) is 22.4 Å². The number of amides is 2. The van der Waals surface area contributed by atoms with Crippen LogP contribution in [0.3, 0.4) is 0 Å². The summed E-state index contributed by atoms with van der Waals surface area (Å²) in [4.78, 5) is 25.2. The van der Waals surface area contributed by atoms with Gasteiger partial charge in [-0.15, -0.1) is 10.2 Å². The van der Waals surface area contributed by atoms with Crippen molar-refractivity contribution in [1.29, 1.82) is 0 Å². The fourth-order valence-electron chi connectivity index (χ4n) is 3.63. The van der Waals surface area contributed by atoms with Gasteiger partial charge in [0.2, 0.25) is 5.91 Å². The van der Waals surface area contributed by atoms with Crippen LogP contribution in [0.25, 0.3) is 10.8 Å². The van der Waals surface area contributed by atoms with E-state index in [1.165, 1.54) is 17.8 Å². The molecule has 7 nitrogen and oxygen atoms in total. The third-order valence-corrected chi connectivity index (χ3v) is 6.85. The molecule has 3 aromatic carbocycles. The topological polar surface area (TPSA) is 88.9 Å². The second-order valence-corrected chi connectivity index (χ2v) is 9.59. The number of carbonyl (C=O) groups is 2. The zero-order valence-electron chi connectivity index (χ0n) is 19.1. The average Bonchev–Trinajstić information content (AvgIpc) is 3.25. The number of carbonyl (C=O) groups excluding carboxylic acids is 2. The van der Waals surface area contributed by atoms with Crippen molar-refractivity contribution in [3.05, 3.63) is 82.1 Å². The van der Waals surface area contributed by atoms with Crippen LogP contribution in [0.2, 0.25) is 10.0 Å². The van der Waals surface area contributed by atoms with Crippen LogP contribution >= 0.6 is 35.0 Å². The molecule has 2 N–H and O–H groups in total. The van der Waals surface area contributed by atoms with Crippen LogP contribution in [-0.2, 0) is 11.3 Å². The van der Waals surface area contributed by atoms with Gasteiger partial charge in [-0.3, -0.25) is 9.59 Å². The minimum Gasteiger partial charge on any atom is -0.342 e. The van der Waals surface area contributed by atoms with Crippen molar-refractivity contribution in [1.82, 2.24) is 20.1 Å². The number of anilines is 1. The normalized spacial score (nSPS) is 11.9. The number of hydrogen-bond donors (Lipinski definition) is 2. The fourth-order valence-corrected chi connectivity index (χ4v) is 4.93. The number of nitrogens with one attached hydrogen (secondary N) is 2. The Balaban J connectivity index is 1.39. The smallest absolute Gasteiger partial charge is 0.253 e. The van der Waals surface area contributed by atoms with E-state index in [-0.39, 0.29) is 22.6 Å². The molecule has 4 rings (SSSR count). The number of nitrogens with zero attached hydrogens (tertiary/aromatic N) is 3. The van der Waals surface area contributed by atoms with E-state index in [9.17, 15) is 9.59 Å². The highest BCUT2D eigenvalue weighted by Gasteiger charge is 2.21. The van der Waals surface area contributed by atoms with Crippen molar-refractivity contribution in [3.8, 4) is 0 Å². The third kappa shape index (κ3) is 5.96. The van der Waals surface area contributed by atoms with Crippen molar-refractivity contribution < 1.29 is 9.59 Å². The van der Waals surface area contributed by atoms with Crippen LogP contribution in [0.4, 0.5) is 5.69 Å². The molecule has 35 heavy (non-hydrogen) atoms. The average molecular weight is 528 g/mol. The lowest BCUT2D eigenvalue weighted by atomic mass is 10.1. The van der Waals surface area contributed by atoms with E-state index in [0.717, 1.165) is 16.5 Å². The maximum Gasteiger partial charge on any atom is 0.253 e. The van der Waals surface area contributed by atoms with Gasteiger partial charge < -0.3 is 15.2 Å². The molecule has 0 aliphatic rings. The number of halogens is 2. The summed E-state index contributed by atoms with van der Waals surface area (Å²) < 4.78 is 1.88. The van der Waals surface area contributed by atoms with E-state index in [1.54, 1.807) is 12.1 Å². The summed E-state index contributed by atoms with van der Waals surface area (Å²) in [7, 11) is 0. The molecule has 180 valence electrons. The van der Waals surface area contributed by atoms with Gasteiger partial charge >= 0.3 is 0 Å². The number of hydrogen-bond acceptors (Lipinski definition) is 5. The SMILES string of the molecule is CCn1c(SCC(=O)Nc2ccc3ccccc3c2)nnc1[C@H](C)NC(=O)c1ccc(Cl)cc1Cl. The largest absolute Gasteiger partial charge is 0.342 e. The third-order valence-electron chi connectivity index (χ3n) is 5.34. The zero-order chi connectivity index (χ0) is 24.9. The second-order valence-electron chi connectivity index (χ2n) is 7.80. The second kappa shape index (κ2) is 11.1. The van der Waals surface area contributed by atoms with Crippen molar-refractivity contribution in [2.24, 2.45) is 0 Å². The van der Waals surface area contributed by atoms with Gasteiger partial charge in [-0.2, -0.15) is 0 Å². The van der Waals surface area contributed by atoms with Crippen LogP contribution in [-0.4, -0.2) is 32.3 Å². The molecule has 4 aromatic rings. The van der Waals surface area contributed by atoms with Crippen molar-refractivity contribution in [2.45, 2.75) is 31.6 Å². The van der Waals surface area contributed by atoms with Gasteiger partial charge in [-0.1, -0.05) is 65.3 Å². The van der Waals surface area contributed by atoms with Crippen molar-refractivity contribution in [3.63, 3.8) is 0 Å². The summed E-state index contributed by atoms with van der Waals surface area (Å²) in [5.41, 5.74) is 1.06. The first-order valence-corrected chi connectivity index (χ1v) is 12.7. The van der Waals surface area contributed by atoms with Gasteiger partial charge in [0.15, 0.2) is 11.0 Å². The molecule has 0 radical (unpaired) electrons. The molecular formula is C25H23Cl2N5O2S. The van der Waals surface area contributed by atoms with Gasteiger partial charge in [0.1, 0.15) is 0 Å². The van der Waals surface area contributed by atoms with Crippen LogP contribution in [0.1, 0.15) is 36.1 Å². The van der Waals surface area contributed by atoms with Crippen molar-refractivity contribution >= 4 is 63.2 Å². The lowest BCUT2D eigenvalue weighted by Gasteiger charge is -2.15. The predicted octanol–water partition coefficient (Wildman–Crippen LogP) is 5.98. The highest BCUT2D eigenvalue weighted by molar-refractivity contribution is 7.99. The quantitative estimate of drug-likeness (QED) is 0.275. The lowest BCUT2D eigenvalue weighted by Crippen LogP contribution is -2.29. The van der Waals surface area contributed by atoms with Crippen LogP contribution < -0.4 is 10.6 Å². The lowest BCUT2D eigenvalue weighted by molar-refractivity contribution is -0.113. The standard InChI is InChI=1S/C25H23Cl2N5O2S/c1-3-32-23(15(2)28-24(34)20-11-9-18(26)13-21(20)27)30-31-25(32)35-14-22(33)29-19-10-8-16-6-4-5-7-17(16)12-19/h4-13,15H,3,14H2,1-2H3,(H,28,34)(H,29,33)/t15-/m0/s1. The summed E-state index contributed by atoms with van der Waals surface area (Å²) in [5.74, 6) is 0.278. The summed E-state index contributed by atoms with van der Waals surface area (Å²) in [6.45, 7) is 4.36. The molecule has 0 fully saturated rings. The van der Waals surface area contributed by atoms with E-state index in [0.29, 0.717) is 28.1 Å². The maximum atomic E-state index is 12.7. The molecule has 0 aliphatic heterocycles. The molecule has 1 aromatic heterocycles. The first-order chi connectivity index (χ1) is 16.9. The van der Waals surface area contributed by atoms with Gasteiger partial charge in [0.25, 0.3) is 5.91 Å². The molecule has 10 heteroatoms. The summed E-state index contributed by atoms with van der Waals surface area (Å²) in [6, 6.07) is 18.1. The Morgan fingerprint density at radius 3 is 2.54 bits per heavy atom. The molecule has 2 amide bonds. The van der Waals surface area contributed by atoms with E-state index < -0.39 is 6.04 Å². The molecule has 1 atom stereocenters. The van der Waals surface area contributed by atoms with Crippen molar-refractivity contribution in [2.75, 3.05) is 11.1 Å². The Hall–Kier alpha value is -3.07. The molecule has 0 saturated carbocycles. The molecule has 0 bridgehead atoms. The Morgan fingerprint density at radius 2 is 1.80 bits per heavy atom. The first-order valence-electron chi connectivity index (χ1n) is 11.0. The Morgan fingerprint density at radius 1 is 1.03 bits per heavy atom.